The highest BCUT2D eigenvalue weighted by atomic mass is 14.9. The maximum absolute atomic E-state index is 3.48. The third-order valence-electron chi connectivity index (χ3n) is 3.90. The smallest absolute Gasteiger partial charge is 0.00462 e. The molecule has 96 valence electrons. The van der Waals surface area contributed by atoms with Crippen molar-refractivity contribution in [2.24, 2.45) is 22.7 Å². The molecule has 1 atom stereocenters. The van der Waals surface area contributed by atoms with Crippen LogP contribution >= 0.6 is 0 Å². The molecule has 0 bridgehead atoms. The molecule has 1 nitrogen and oxygen atoms in total. The molecular weight excluding hydrogens is 194 g/mol. The molecule has 1 aliphatic rings. The van der Waals surface area contributed by atoms with Gasteiger partial charge in [0.15, 0.2) is 0 Å². The molecule has 1 N–H and O–H groups in total. The lowest BCUT2D eigenvalue weighted by Gasteiger charge is -2.42. The molecule has 0 saturated carbocycles. The van der Waals surface area contributed by atoms with Gasteiger partial charge in [0.1, 0.15) is 0 Å². The van der Waals surface area contributed by atoms with E-state index in [0.717, 1.165) is 11.8 Å². The predicted molar refractivity (Wildman–Crippen MR) is 72.6 cm³/mol. The lowest BCUT2D eigenvalue weighted by atomic mass is 9.64. The predicted octanol–water partition coefficient (Wildman–Crippen LogP) is 4.08. The van der Waals surface area contributed by atoms with Crippen LogP contribution in [0.25, 0.3) is 0 Å². The minimum atomic E-state index is 0.454. The van der Waals surface area contributed by atoms with Crippen LogP contribution in [0.3, 0.4) is 0 Å². The van der Waals surface area contributed by atoms with Gasteiger partial charge in [0.05, 0.1) is 0 Å². The van der Waals surface area contributed by atoms with Crippen LogP contribution in [0.5, 0.6) is 0 Å². The number of rotatable bonds is 2. The zero-order valence-corrected chi connectivity index (χ0v) is 12.2. The first-order chi connectivity index (χ1) is 7.20. The zero-order chi connectivity index (χ0) is 12.4. The minimum Gasteiger partial charge on any atom is -0.317 e. The van der Waals surface area contributed by atoms with Crippen LogP contribution in [0.1, 0.15) is 60.8 Å². The van der Waals surface area contributed by atoms with Crippen LogP contribution < -0.4 is 5.32 Å². The Kier molecular flexibility index (Phi) is 4.45. The van der Waals surface area contributed by atoms with Crippen molar-refractivity contribution in [3.05, 3.63) is 0 Å². The highest BCUT2D eigenvalue weighted by Gasteiger charge is 2.35. The van der Waals surface area contributed by atoms with Crippen LogP contribution in [0.4, 0.5) is 0 Å². The van der Waals surface area contributed by atoms with Crippen molar-refractivity contribution in [3.8, 4) is 0 Å². The highest BCUT2D eigenvalue weighted by molar-refractivity contribution is 4.86. The molecule has 0 spiro atoms. The van der Waals surface area contributed by atoms with Gasteiger partial charge < -0.3 is 5.32 Å². The summed E-state index contributed by atoms with van der Waals surface area (Å²) in [5.41, 5.74) is 0.915. The van der Waals surface area contributed by atoms with Crippen LogP contribution in [0, 0.1) is 22.7 Å². The Morgan fingerprint density at radius 2 is 1.50 bits per heavy atom. The Bertz CT molecular complexity index is 200. The van der Waals surface area contributed by atoms with E-state index in [-0.39, 0.29) is 0 Å². The molecule has 0 amide bonds. The fourth-order valence-corrected chi connectivity index (χ4v) is 3.09. The number of hydrogen-bond acceptors (Lipinski definition) is 1. The summed E-state index contributed by atoms with van der Waals surface area (Å²) in [6.45, 7) is 16.9. The van der Waals surface area contributed by atoms with Crippen molar-refractivity contribution in [1.82, 2.24) is 5.32 Å². The van der Waals surface area contributed by atoms with Gasteiger partial charge in [-0.2, -0.15) is 0 Å². The summed E-state index contributed by atoms with van der Waals surface area (Å²) in [6, 6.07) is 0. The number of hydrogen-bond donors (Lipinski definition) is 1. The molecular formula is C15H31N. The van der Waals surface area contributed by atoms with Gasteiger partial charge in [0.25, 0.3) is 0 Å². The Hall–Kier alpha value is -0.0400. The average Bonchev–Trinajstić information content (AvgIpc) is 2.13. The summed E-state index contributed by atoms with van der Waals surface area (Å²) >= 11 is 0. The van der Waals surface area contributed by atoms with Crippen LogP contribution in [-0.4, -0.2) is 13.1 Å². The van der Waals surface area contributed by atoms with E-state index < -0.39 is 0 Å². The summed E-state index contributed by atoms with van der Waals surface area (Å²) in [5, 5.41) is 3.48. The lowest BCUT2D eigenvalue weighted by molar-refractivity contribution is 0.0839. The van der Waals surface area contributed by atoms with Gasteiger partial charge in [-0.1, -0.05) is 41.5 Å². The zero-order valence-electron chi connectivity index (χ0n) is 12.2. The monoisotopic (exact) mass is 225 g/mol. The summed E-state index contributed by atoms with van der Waals surface area (Å²) < 4.78 is 0. The lowest BCUT2D eigenvalue weighted by Crippen LogP contribution is -2.38. The molecule has 0 radical (unpaired) electrons. The number of nitrogens with one attached hydrogen (secondary N) is 1. The average molecular weight is 225 g/mol. The second-order valence-corrected chi connectivity index (χ2v) is 7.82. The van der Waals surface area contributed by atoms with Crippen molar-refractivity contribution in [1.29, 1.82) is 0 Å². The van der Waals surface area contributed by atoms with E-state index in [2.05, 4.69) is 46.9 Å². The van der Waals surface area contributed by atoms with Gasteiger partial charge in [0.2, 0.25) is 0 Å². The van der Waals surface area contributed by atoms with Gasteiger partial charge in [-0.3, -0.25) is 0 Å². The molecule has 0 aromatic carbocycles. The summed E-state index contributed by atoms with van der Waals surface area (Å²) in [4.78, 5) is 0. The second kappa shape index (κ2) is 5.08. The van der Waals surface area contributed by atoms with E-state index >= 15 is 0 Å². The summed E-state index contributed by atoms with van der Waals surface area (Å²) in [5.74, 6) is 1.80. The van der Waals surface area contributed by atoms with Gasteiger partial charge >= 0.3 is 0 Å². The molecule has 1 heteroatoms. The molecule has 0 aromatic heterocycles. The van der Waals surface area contributed by atoms with Gasteiger partial charge in [-0.15, -0.1) is 0 Å². The first kappa shape index (κ1) is 14.0. The summed E-state index contributed by atoms with van der Waals surface area (Å²) in [6.07, 6.45) is 4.11. The Morgan fingerprint density at radius 3 is 1.88 bits per heavy atom. The van der Waals surface area contributed by atoms with Crippen molar-refractivity contribution in [3.63, 3.8) is 0 Å². The number of piperidine rings is 1. The van der Waals surface area contributed by atoms with Gasteiger partial charge in [-0.05, 0) is 55.0 Å². The molecule has 1 aliphatic heterocycles. The normalized spacial score (nSPS) is 22.1. The third kappa shape index (κ3) is 4.45. The molecule has 0 aromatic rings. The maximum atomic E-state index is 3.48. The fraction of sp³-hybridized carbons (Fsp3) is 1.00. The van der Waals surface area contributed by atoms with E-state index in [4.69, 9.17) is 0 Å². The molecule has 1 unspecified atom stereocenters. The molecule has 1 fully saturated rings. The van der Waals surface area contributed by atoms with Crippen molar-refractivity contribution in [2.45, 2.75) is 60.8 Å². The molecule has 1 heterocycles. The van der Waals surface area contributed by atoms with E-state index in [0.29, 0.717) is 10.8 Å². The Labute approximate surface area is 102 Å². The molecule has 1 rings (SSSR count). The molecule has 1 saturated heterocycles. The maximum Gasteiger partial charge on any atom is -0.00462 e. The van der Waals surface area contributed by atoms with Gasteiger partial charge in [-0.25, -0.2) is 0 Å². The van der Waals surface area contributed by atoms with E-state index in [1.165, 1.54) is 32.4 Å². The standard InChI is InChI=1S/C15H31N/c1-14(2,3)11-13(15(4,5)6)12-7-9-16-10-8-12/h12-13,16H,7-11H2,1-6H3. The fourth-order valence-electron chi connectivity index (χ4n) is 3.09. The Balaban J connectivity index is 2.70. The van der Waals surface area contributed by atoms with E-state index in [1.54, 1.807) is 0 Å². The van der Waals surface area contributed by atoms with Crippen molar-refractivity contribution < 1.29 is 0 Å². The second-order valence-electron chi connectivity index (χ2n) is 7.82. The first-order valence-corrected chi connectivity index (χ1v) is 6.91. The first-order valence-electron chi connectivity index (χ1n) is 6.91. The molecule has 0 aliphatic carbocycles. The van der Waals surface area contributed by atoms with Crippen LogP contribution in [-0.2, 0) is 0 Å². The SMILES string of the molecule is CC(C)(C)CC(C1CCNCC1)C(C)(C)C. The van der Waals surface area contributed by atoms with Crippen molar-refractivity contribution in [2.75, 3.05) is 13.1 Å². The van der Waals surface area contributed by atoms with Crippen molar-refractivity contribution >= 4 is 0 Å². The van der Waals surface area contributed by atoms with Crippen LogP contribution in [0.15, 0.2) is 0 Å². The Morgan fingerprint density at radius 1 is 1.00 bits per heavy atom. The topological polar surface area (TPSA) is 12.0 Å². The van der Waals surface area contributed by atoms with E-state index in [1.807, 2.05) is 0 Å². The van der Waals surface area contributed by atoms with Crippen LogP contribution in [0.2, 0.25) is 0 Å². The minimum absolute atomic E-state index is 0.454. The third-order valence-corrected chi connectivity index (χ3v) is 3.90. The highest BCUT2D eigenvalue weighted by Crippen LogP contribution is 2.43. The largest absolute Gasteiger partial charge is 0.317 e. The van der Waals surface area contributed by atoms with E-state index in [9.17, 15) is 0 Å². The quantitative estimate of drug-likeness (QED) is 0.746. The summed E-state index contributed by atoms with van der Waals surface area (Å²) in [7, 11) is 0. The molecule has 16 heavy (non-hydrogen) atoms. The van der Waals surface area contributed by atoms with Gasteiger partial charge in [0, 0.05) is 0 Å².